The normalized spacial score (nSPS) is 14.7. The average Bonchev–Trinajstić information content (AvgIpc) is 3.26. The summed E-state index contributed by atoms with van der Waals surface area (Å²) in [5, 5.41) is 13.5. The number of benzene rings is 3. The third kappa shape index (κ3) is 7.63. The predicted molar refractivity (Wildman–Crippen MR) is 143 cm³/mol. The van der Waals surface area contributed by atoms with Crippen LogP contribution in [0.25, 0.3) is 11.1 Å². The van der Waals surface area contributed by atoms with E-state index in [1.807, 2.05) is 53.8 Å². The van der Waals surface area contributed by atoms with Crippen molar-refractivity contribution in [1.82, 2.24) is 10.6 Å². The highest BCUT2D eigenvalue weighted by molar-refractivity contribution is 5.89. The van der Waals surface area contributed by atoms with Crippen molar-refractivity contribution < 1.29 is 42.1 Å². The van der Waals surface area contributed by atoms with Crippen LogP contribution < -0.4 is 10.6 Å². The number of aliphatic carboxylic acids is 1. The van der Waals surface area contributed by atoms with E-state index in [0.29, 0.717) is 0 Å². The molecule has 1 unspecified atom stereocenters. The van der Waals surface area contributed by atoms with Crippen LogP contribution in [0.1, 0.15) is 36.0 Å². The van der Waals surface area contributed by atoms with E-state index in [9.17, 15) is 32.7 Å². The van der Waals surface area contributed by atoms with Crippen molar-refractivity contribution in [3.05, 3.63) is 95.6 Å². The van der Waals surface area contributed by atoms with Gasteiger partial charge in [0.05, 0.1) is 19.1 Å². The molecule has 3 N–H and O–H groups in total. The highest BCUT2D eigenvalue weighted by Crippen LogP contribution is 2.44. The Labute approximate surface area is 234 Å². The van der Waals surface area contributed by atoms with Crippen molar-refractivity contribution in [2.45, 2.75) is 50.2 Å². The summed E-state index contributed by atoms with van der Waals surface area (Å²) in [6.45, 7) is 1.40. The van der Waals surface area contributed by atoms with E-state index in [1.165, 1.54) is 6.92 Å². The number of rotatable bonds is 11. The number of hydrogen-bond donors (Lipinski definition) is 3. The largest absolute Gasteiger partial charge is 0.480 e. The Kier molecular flexibility index (Phi) is 9.28. The van der Waals surface area contributed by atoms with Gasteiger partial charge >= 0.3 is 18.2 Å². The van der Waals surface area contributed by atoms with Crippen LogP contribution in [0.5, 0.6) is 0 Å². The summed E-state index contributed by atoms with van der Waals surface area (Å²) in [6.07, 6.45) is -8.70. The van der Waals surface area contributed by atoms with Crippen molar-refractivity contribution in [2.75, 3.05) is 6.61 Å². The number of alkyl halides is 3. The summed E-state index contributed by atoms with van der Waals surface area (Å²) in [4.78, 5) is 37.4. The van der Waals surface area contributed by atoms with Gasteiger partial charge in [0, 0.05) is 5.92 Å². The fourth-order valence-corrected chi connectivity index (χ4v) is 4.75. The van der Waals surface area contributed by atoms with Crippen LogP contribution in [0, 0.1) is 0 Å². The zero-order valence-electron chi connectivity index (χ0n) is 22.1. The molecule has 4 rings (SSSR count). The van der Waals surface area contributed by atoms with Crippen LogP contribution in [0.4, 0.5) is 18.0 Å². The van der Waals surface area contributed by atoms with E-state index < -0.39 is 48.8 Å². The fraction of sp³-hybridized carbons (Fsp3) is 0.300. The summed E-state index contributed by atoms with van der Waals surface area (Å²) in [5.41, 5.74) is 4.71. The number of fused-ring (bicyclic) bond motifs is 3. The molecule has 3 aromatic carbocycles. The molecule has 41 heavy (non-hydrogen) atoms. The van der Waals surface area contributed by atoms with Gasteiger partial charge in [-0.05, 0) is 34.7 Å². The first kappa shape index (κ1) is 29.6. The highest BCUT2D eigenvalue weighted by Gasteiger charge is 2.39. The van der Waals surface area contributed by atoms with Crippen LogP contribution in [-0.2, 0) is 25.7 Å². The van der Waals surface area contributed by atoms with Gasteiger partial charge in [-0.2, -0.15) is 13.2 Å². The van der Waals surface area contributed by atoms with E-state index >= 15 is 0 Å². The minimum atomic E-state index is -4.85. The summed E-state index contributed by atoms with van der Waals surface area (Å²) in [6, 6.07) is 20.5. The van der Waals surface area contributed by atoms with Crippen molar-refractivity contribution in [3.63, 3.8) is 0 Å². The summed E-state index contributed by atoms with van der Waals surface area (Å²) >= 11 is 0. The van der Waals surface area contributed by atoms with Crippen LogP contribution in [-0.4, -0.2) is 54.0 Å². The fourth-order valence-electron chi connectivity index (χ4n) is 4.75. The number of hydrogen-bond acceptors (Lipinski definition) is 5. The highest BCUT2D eigenvalue weighted by atomic mass is 19.4. The van der Waals surface area contributed by atoms with Gasteiger partial charge in [-0.1, -0.05) is 78.9 Å². The maximum Gasteiger partial charge on any atom is 0.407 e. The Morgan fingerprint density at radius 2 is 1.44 bits per heavy atom. The summed E-state index contributed by atoms with van der Waals surface area (Å²) in [7, 11) is 0. The molecule has 0 aromatic heterocycles. The van der Waals surface area contributed by atoms with Gasteiger partial charge < -0.3 is 25.2 Å². The van der Waals surface area contributed by atoms with Gasteiger partial charge in [0.25, 0.3) is 0 Å². The molecule has 0 saturated heterocycles. The molecular formula is C30H29F3N2O6. The third-order valence-electron chi connectivity index (χ3n) is 6.77. The minimum absolute atomic E-state index is 0.0308. The monoisotopic (exact) mass is 570 g/mol. The van der Waals surface area contributed by atoms with Gasteiger partial charge in [-0.15, -0.1) is 0 Å². The lowest BCUT2D eigenvalue weighted by atomic mass is 9.98. The zero-order valence-corrected chi connectivity index (χ0v) is 22.1. The van der Waals surface area contributed by atoms with E-state index in [4.69, 9.17) is 9.47 Å². The topological polar surface area (TPSA) is 114 Å². The molecule has 3 atom stereocenters. The first-order valence-corrected chi connectivity index (χ1v) is 12.9. The molecule has 11 heteroatoms. The Morgan fingerprint density at radius 1 is 0.878 bits per heavy atom. The molecule has 216 valence electrons. The summed E-state index contributed by atoms with van der Waals surface area (Å²) in [5.74, 6) is -3.29. The molecule has 0 aliphatic heterocycles. The third-order valence-corrected chi connectivity index (χ3v) is 6.77. The molecule has 0 radical (unpaired) electrons. The van der Waals surface area contributed by atoms with E-state index in [2.05, 4.69) is 5.32 Å². The van der Waals surface area contributed by atoms with Crippen molar-refractivity contribution >= 4 is 18.0 Å². The number of halogens is 3. The number of amides is 2. The maximum atomic E-state index is 13.0. The molecule has 0 fully saturated rings. The van der Waals surface area contributed by atoms with E-state index in [0.717, 1.165) is 27.8 Å². The smallest absolute Gasteiger partial charge is 0.407 e. The number of ether oxygens (including phenoxy) is 2. The molecule has 1 aliphatic rings. The molecule has 1 aliphatic carbocycles. The van der Waals surface area contributed by atoms with E-state index in [-0.39, 0.29) is 19.1 Å². The van der Waals surface area contributed by atoms with Gasteiger partial charge in [0.1, 0.15) is 18.7 Å². The first-order valence-electron chi connectivity index (χ1n) is 12.9. The van der Waals surface area contributed by atoms with Crippen LogP contribution in [0.3, 0.4) is 0 Å². The number of carboxylic acids is 1. The van der Waals surface area contributed by atoms with E-state index in [1.54, 1.807) is 30.3 Å². The molecular weight excluding hydrogens is 541 g/mol. The Hall–Kier alpha value is -4.38. The minimum Gasteiger partial charge on any atom is -0.480 e. The molecule has 8 nitrogen and oxygen atoms in total. The number of nitrogens with one attached hydrogen (secondary N) is 2. The molecule has 0 bridgehead atoms. The van der Waals surface area contributed by atoms with Crippen LogP contribution >= 0.6 is 0 Å². The zero-order chi connectivity index (χ0) is 29.6. The molecule has 0 spiro atoms. The number of carboxylic acid groups (broad SMARTS) is 1. The van der Waals surface area contributed by atoms with Gasteiger partial charge in [0.15, 0.2) is 0 Å². The maximum absolute atomic E-state index is 13.0. The lowest BCUT2D eigenvalue weighted by molar-refractivity contribution is -0.160. The second-order valence-corrected chi connectivity index (χ2v) is 9.67. The van der Waals surface area contributed by atoms with Gasteiger partial charge in [-0.3, -0.25) is 4.79 Å². The lowest BCUT2D eigenvalue weighted by Gasteiger charge is -2.26. The van der Waals surface area contributed by atoms with Gasteiger partial charge in [-0.25, -0.2) is 9.59 Å². The number of alkyl carbamates (subject to hydrolysis) is 1. The standard InChI is InChI=1S/C30H29F3N2O6/c1-18(40-16-19-9-3-2-4-10-19)26(27(36)34-25(28(37)38)15-30(31,32)33)35-29(39)41-17-24-22-13-7-5-11-20(22)21-12-6-8-14-23(21)24/h2-14,18,24-26H,15-17H2,1H3,(H,34,36)(H,35,39)(H,37,38)/t18-,25?,26+/m0/s1. The molecule has 2 amide bonds. The molecule has 0 heterocycles. The molecule has 0 saturated carbocycles. The summed E-state index contributed by atoms with van der Waals surface area (Å²) < 4.78 is 50.0. The SMILES string of the molecule is C[C@H](OCc1ccccc1)[C@@H](NC(=O)OCC1c2ccccc2-c2ccccc21)C(=O)NC(CC(F)(F)F)C(=O)O. The quantitative estimate of drug-likeness (QED) is 0.298. The predicted octanol–water partition coefficient (Wildman–Crippen LogP) is 5.02. The van der Waals surface area contributed by atoms with Crippen molar-refractivity contribution in [1.29, 1.82) is 0 Å². The Balaban J connectivity index is 1.47. The lowest BCUT2D eigenvalue weighted by Crippen LogP contribution is -2.57. The first-order chi connectivity index (χ1) is 19.5. The van der Waals surface area contributed by atoms with Crippen LogP contribution in [0.2, 0.25) is 0 Å². The van der Waals surface area contributed by atoms with Crippen molar-refractivity contribution in [2.24, 2.45) is 0 Å². The average molecular weight is 571 g/mol. The number of carbonyl (C=O) groups excluding carboxylic acids is 2. The number of carbonyl (C=O) groups is 3. The van der Waals surface area contributed by atoms with Crippen LogP contribution in [0.15, 0.2) is 78.9 Å². The van der Waals surface area contributed by atoms with Gasteiger partial charge in [0.2, 0.25) is 5.91 Å². The Bertz CT molecular complexity index is 1340. The second-order valence-electron chi connectivity index (χ2n) is 9.67. The van der Waals surface area contributed by atoms with Crippen molar-refractivity contribution in [3.8, 4) is 11.1 Å². The second kappa shape index (κ2) is 12.9. The Morgan fingerprint density at radius 3 is 2.00 bits per heavy atom. The molecule has 3 aromatic rings.